The van der Waals surface area contributed by atoms with Crippen LogP contribution < -0.4 is 10.8 Å². The van der Waals surface area contributed by atoms with Crippen LogP contribution >= 0.6 is 0 Å². The number of imidazole rings is 1. The van der Waals surface area contributed by atoms with Gasteiger partial charge in [0.1, 0.15) is 55.5 Å². The number of hydrogen-bond donors (Lipinski definition) is 6. The zero-order valence-corrected chi connectivity index (χ0v) is 51.3. The molecule has 4 saturated heterocycles. The van der Waals surface area contributed by atoms with Crippen molar-refractivity contribution in [3.8, 4) is 0 Å². The molecule has 1 aromatic heterocycles. The molecule has 0 spiro atoms. The van der Waals surface area contributed by atoms with Crippen molar-refractivity contribution >= 4 is 29.6 Å². The van der Waals surface area contributed by atoms with E-state index in [4.69, 9.17) is 56.9 Å². The molecule has 27 nitrogen and oxygen atoms in total. The van der Waals surface area contributed by atoms with Gasteiger partial charge < -0.3 is 92.8 Å². The number of aliphatic hydroxyl groups is 4. The van der Waals surface area contributed by atoms with E-state index in [1.807, 2.05) is 13.8 Å². The zero-order valence-electron chi connectivity index (χ0n) is 51.3. The zero-order chi connectivity index (χ0) is 62.2. The van der Waals surface area contributed by atoms with Gasteiger partial charge >= 0.3 is 23.8 Å². The predicted octanol–water partition coefficient (Wildman–Crippen LogP) is 3.43. The highest BCUT2D eigenvalue weighted by Crippen LogP contribution is 2.41. The van der Waals surface area contributed by atoms with Crippen LogP contribution in [0.15, 0.2) is 6.20 Å². The fraction of sp³-hybridized carbons (Fsp3) is 0.875. The van der Waals surface area contributed by atoms with Crippen molar-refractivity contribution < 1.29 is 101 Å². The molecule has 6 N–H and O–H groups in total. The number of nitro groups is 1. The first-order valence-corrected chi connectivity index (χ1v) is 28.9. The van der Waals surface area contributed by atoms with E-state index in [0.717, 1.165) is 6.20 Å². The summed E-state index contributed by atoms with van der Waals surface area (Å²) in [6.45, 7) is 22.5. The quantitative estimate of drug-likeness (QED) is 0.0471. The minimum absolute atomic E-state index is 0.0652. The highest BCUT2D eigenvalue weighted by Gasteiger charge is 2.54. The monoisotopic (exact) mass is 1190 g/mol. The standard InChI is InChI=1S/C56H95N5O22/c1-26(2)20-39(62)79-45-31(7)44(28(4)25-75-53-48(73-16)47(72-15)41(63)34(10)78-53)81-51(67)33(9)46(80-40-23-55(13,69)50(66)35(11)77-40)30(6)43(82-52-42(64)37(59-74-17)21-29(5)76-52)27(3)22-56(14,49(65)32(45)8)83-54(68)57-18-19-60-36(12)58-24-38(60)61(70)71/h24,26-35,37,40-48,50,52-53,59,63-64,66,69H,18-23,25H2,1-17H3,(H,57,68)/t27-,28-,29+,30+,31-,32+,33+,34+,35-,37-,40-,41+,42+,43-,44+,45+,46-,47+,48+,50-,52-,53+,55+,56-/m0/s1. The molecule has 27 heteroatoms. The number of nitrogens with zero attached hydrogens (tertiary/aromatic N) is 3. The van der Waals surface area contributed by atoms with Crippen LogP contribution in [-0.4, -0.2) is 203 Å². The lowest BCUT2D eigenvalue weighted by Crippen LogP contribution is -2.59. The van der Waals surface area contributed by atoms with E-state index in [1.54, 1.807) is 62.3 Å². The Labute approximate surface area is 486 Å². The minimum Gasteiger partial charge on any atom is -0.461 e. The van der Waals surface area contributed by atoms with E-state index in [-0.39, 0.29) is 50.7 Å². The number of aliphatic hydroxyl groups excluding tert-OH is 3. The molecule has 0 unspecified atom stereocenters. The normalized spacial score (nSPS) is 40.0. The molecule has 5 rings (SSSR count). The Morgan fingerprint density at radius 1 is 0.855 bits per heavy atom. The van der Waals surface area contributed by atoms with E-state index >= 15 is 9.59 Å². The summed E-state index contributed by atoms with van der Waals surface area (Å²) in [4.78, 5) is 80.0. The number of rotatable bonds is 20. The van der Waals surface area contributed by atoms with Crippen LogP contribution in [-0.2, 0) is 77.9 Å². The Hall–Kier alpha value is -4.07. The third-order valence-electron chi connectivity index (χ3n) is 16.8. The first-order chi connectivity index (χ1) is 38.8. The number of hydroxylamine groups is 1. The summed E-state index contributed by atoms with van der Waals surface area (Å²) >= 11 is 0. The number of amides is 1. The van der Waals surface area contributed by atoms with Crippen LogP contribution in [0.4, 0.5) is 10.6 Å². The number of hydrogen-bond acceptors (Lipinski definition) is 24. The van der Waals surface area contributed by atoms with Crippen LogP contribution in [0.5, 0.6) is 0 Å². The van der Waals surface area contributed by atoms with Gasteiger partial charge in [0.05, 0.1) is 74.3 Å². The molecule has 476 valence electrons. The lowest BCUT2D eigenvalue weighted by molar-refractivity contribution is -0.392. The third-order valence-corrected chi connectivity index (χ3v) is 16.8. The number of ketones is 1. The largest absolute Gasteiger partial charge is 0.461 e. The van der Waals surface area contributed by atoms with E-state index in [9.17, 15) is 40.1 Å². The minimum atomic E-state index is -2.13. The second-order valence-electron chi connectivity index (χ2n) is 24.3. The number of aryl methyl sites for hydroxylation is 1. The molecule has 1 aromatic rings. The van der Waals surface area contributed by atoms with E-state index in [0.29, 0.717) is 12.2 Å². The number of aromatic nitrogens is 2. The lowest BCUT2D eigenvalue weighted by Gasteiger charge is -2.47. The second kappa shape index (κ2) is 30.0. The molecule has 4 aliphatic rings. The van der Waals surface area contributed by atoms with E-state index in [1.165, 1.54) is 46.7 Å². The molecule has 4 fully saturated rings. The lowest BCUT2D eigenvalue weighted by atomic mass is 9.74. The summed E-state index contributed by atoms with van der Waals surface area (Å²) in [5, 5.41) is 59.7. The van der Waals surface area contributed by atoms with Gasteiger partial charge in [0.2, 0.25) is 0 Å². The maximum atomic E-state index is 15.9. The number of esters is 2. The summed E-state index contributed by atoms with van der Waals surface area (Å²) < 4.78 is 70.5. The van der Waals surface area contributed by atoms with Crippen molar-refractivity contribution in [3.05, 3.63) is 22.1 Å². The fourth-order valence-corrected chi connectivity index (χ4v) is 12.3. The Balaban J connectivity index is 1.70. The van der Waals surface area contributed by atoms with Gasteiger partial charge in [-0.05, 0) is 71.1 Å². The van der Waals surface area contributed by atoms with Gasteiger partial charge in [0.15, 0.2) is 36.1 Å². The Bertz CT molecular complexity index is 2290. The number of carbonyl (C=O) groups excluding carboxylic acids is 4. The van der Waals surface area contributed by atoms with Gasteiger partial charge in [-0.1, -0.05) is 48.5 Å². The van der Waals surface area contributed by atoms with Crippen LogP contribution in [0.25, 0.3) is 0 Å². The Kier molecular flexibility index (Phi) is 25.2. The SMILES string of the molecule is CON[C@H]1C[C@@H](C)O[C@@H](O[C@@H]2[C@@H](C)[C@H](O[C@H]3C[C@@](C)(O)[C@@H](O)[C@H](C)O3)[C@@H](C)C(=O)O[C@H]([C@@H](C)CO[C@@H]3O[C@H](C)[C@@H](O)[C@@H](OC)[C@H]3OC)[C@H](C)[C@@H](OC(=O)CC(C)C)[C@@H](C)C(=O)[C@@](C)(OC(=O)NCCn3c([N+](=O)[O-])cnc3C)C[C@@H]2C)[C@@H]1O. The Morgan fingerprint density at radius 3 is 2.12 bits per heavy atom. The van der Waals surface area contributed by atoms with Crippen molar-refractivity contribution in [2.75, 3.05) is 34.5 Å². The summed E-state index contributed by atoms with van der Waals surface area (Å²) in [5.74, 6) is -8.64. The summed E-state index contributed by atoms with van der Waals surface area (Å²) in [7, 11) is 4.23. The van der Waals surface area contributed by atoms with Gasteiger partial charge in [0, 0.05) is 51.7 Å². The van der Waals surface area contributed by atoms with Crippen molar-refractivity contribution in [1.82, 2.24) is 20.3 Å². The molecule has 5 heterocycles. The maximum absolute atomic E-state index is 15.9. The number of nitrogens with one attached hydrogen (secondary N) is 2. The van der Waals surface area contributed by atoms with E-state index < -0.39 is 174 Å². The summed E-state index contributed by atoms with van der Waals surface area (Å²) in [6, 6.07) is -0.696. The van der Waals surface area contributed by atoms with Gasteiger partial charge in [-0.15, -0.1) is 0 Å². The fourth-order valence-electron chi connectivity index (χ4n) is 12.3. The van der Waals surface area contributed by atoms with Crippen LogP contribution in [0.3, 0.4) is 0 Å². The van der Waals surface area contributed by atoms with E-state index in [2.05, 4.69) is 15.8 Å². The molecule has 0 aliphatic carbocycles. The molecule has 0 bridgehead atoms. The number of cyclic esters (lactones) is 1. The summed E-state index contributed by atoms with van der Waals surface area (Å²) in [5.41, 5.74) is -1.04. The molecular formula is C56H95N5O22. The van der Waals surface area contributed by atoms with Crippen molar-refractivity contribution in [3.63, 3.8) is 0 Å². The maximum Gasteiger partial charge on any atom is 0.408 e. The average molecular weight is 1190 g/mol. The third kappa shape index (κ3) is 17.1. The average Bonchev–Trinajstić information content (AvgIpc) is 4.03. The number of ether oxygens (including phenoxy) is 11. The number of methoxy groups -OCH3 is 2. The first-order valence-electron chi connectivity index (χ1n) is 28.9. The molecule has 0 aromatic carbocycles. The molecule has 83 heavy (non-hydrogen) atoms. The number of carbonyl (C=O) groups is 4. The van der Waals surface area contributed by atoms with Gasteiger partial charge in [-0.3, -0.25) is 14.4 Å². The highest BCUT2D eigenvalue weighted by atomic mass is 16.7. The first kappa shape index (κ1) is 69.7. The van der Waals surface area contributed by atoms with Gasteiger partial charge in [0.25, 0.3) is 0 Å². The number of Topliss-reactive ketones (excluding diaryl/α,β-unsaturated/α-hetero) is 1. The van der Waals surface area contributed by atoms with Crippen molar-refractivity contribution in [2.45, 2.75) is 239 Å². The smallest absolute Gasteiger partial charge is 0.408 e. The number of alkyl carbamates (subject to hydrolysis) is 1. The molecular weight excluding hydrogens is 1090 g/mol. The van der Waals surface area contributed by atoms with Gasteiger partial charge in [-0.2, -0.15) is 5.48 Å². The summed E-state index contributed by atoms with van der Waals surface area (Å²) in [6.07, 6.45) is -16.8. The molecule has 0 radical (unpaired) electrons. The van der Waals surface area contributed by atoms with Crippen LogP contribution in [0.1, 0.15) is 122 Å². The van der Waals surface area contributed by atoms with Gasteiger partial charge in [-0.25, -0.2) is 14.3 Å². The van der Waals surface area contributed by atoms with Crippen molar-refractivity contribution in [2.24, 2.45) is 41.4 Å². The highest BCUT2D eigenvalue weighted by molar-refractivity contribution is 5.91. The van der Waals surface area contributed by atoms with Crippen LogP contribution in [0.2, 0.25) is 0 Å². The van der Waals surface area contributed by atoms with Crippen LogP contribution in [0, 0.1) is 58.5 Å². The second-order valence-corrected chi connectivity index (χ2v) is 24.3. The topological polar surface area (TPSA) is 345 Å². The molecule has 1 amide bonds. The predicted molar refractivity (Wildman–Crippen MR) is 292 cm³/mol. The molecule has 0 saturated carbocycles. The molecule has 24 atom stereocenters. The molecule has 4 aliphatic heterocycles. The Morgan fingerprint density at radius 2 is 1.52 bits per heavy atom. The van der Waals surface area contributed by atoms with Crippen molar-refractivity contribution in [1.29, 1.82) is 0 Å².